The number of hydrogen-bond acceptors (Lipinski definition) is 3. The fourth-order valence-corrected chi connectivity index (χ4v) is 7.92. The van der Waals surface area contributed by atoms with Crippen molar-refractivity contribution in [2.75, 3.05) is 4.90 Å². The molecular formula is C31H36N2O3. The Balaban J connectivity index is 1.32. The summed E-state index contributed by atoms with van der Waals surface area (Å²) in [5, 5.41) is 0. The van der Waals surface area contributed by atoms with Gasteiger partial charge in [0.25, 0.3) is 5.91 Å². The van der Waals surface area contributed by atoms with Gasteiger partial charge in [-0.05, 0) is 85.5 Å². The van der Waals surface area contributed by atoms with Gasteiger partial charge in [-0.2, -0.15) is 0 Å². The third-order valence-corrected chi connectivity index (χ3v) is 9.27. The Bertz CT molecular complexity index is 1130. The van der Waals surface area contributed by atoms with Gasteiger partial charge in [-0.1, -0.05) is 56.3 Å². The van der Waals surface area contributed by atoms with Gasteiger partial charge in [-0.3, -0.25) is 14.4 Å². The third-order valence-electron chi connectivity index (χ3n) is 9.27. The van der Waals surface area contributed by atoms with Crippen LogP contribution in [0.2, 0.25) is 0 Å². The zero-order valence-electron chi connectivity index (χ0n) is 21.4. The Morgan fingerprint density at radius 3 is 2.06 bits per heavy atom. The standard InChI is InChI=1S/C31H36N2O3/c1-20(2)25-8-10-26(11-9-25)33-28(34)15-27(29(33)35)32(19-21-6-4-3-5-7-21)30(36)31-16-22-12-23(17-31)14-24(13-22)18-31/h3-11,20,22-24,27H,12-19H2,1-2H3. The number of carbonyl (C=O) groups is 3. The van der Waals surface area contributed by atoms with Gasteiger partial charge in [0.1, 0.15) is 6.04 Å². The molecule has 5 heteroatoms. The molecule has 1 heterocycles. The van der Waals surface area contributed by atoms with E-state index >= 15 is 0 Å². The molecule has 4 aliphatic carbocycles. The maximum absolute atomic E-state index is 14.4. The maximum Gasteiger partial charge on any atom is 0.257 e. The van der Waals surface area contributed by atoms with Gasteiger partial charge in [0, 0.05) is 6.54 Å². The zero-order chi connectivity index (χ0) is 25.0. The molecule has 188 valence electrons. The lowest BCUT2D eigenvalue weighted by Gasteiger charge is -2.57. The lowest BCUT2D eigenvalue weighted by atomic mass is 9.49. The van der Waals surface area contributed by atoms with Crippen LogP contribution in [-0.4, -0.2) is 28.7 Å². The predicted molar refractivity (Wildman–Crippen MR) is 139 cm³/mol. The largest absolute Gasteiger partial charge is 0.325 e. The van der Waals surface area contributed by atoms with Crippen LogP contribution >= 0.6 is 0 Å². The summed E-state index contributed by atoms with van der Waals surface area (Å²) in [4.78, 5) is 44.6. The minimum absolute atomic E-state index is 0.0513. The van der Waals surface area contributed by atoms with E-state index in [0.29, 0.717) is 35.9 Å². The van der Waals surface area contributed by atoms with E-state index in [-0.39, 0.29) is 29.6 Å². The second-order valence-electron chi connectivity index (χ2n) is 12.2. The summed E-state index contributed by atoms with van der Waals surface area (Å²) in [6.07, 6.45) is 6.65. The number of hydrogen-bond donors (Lipinski definition) is 0. The smallest absolute Gasteiger partial charge is 0.257 e. The fourth-order valence-electron chi connectivity index (χ4n) is 7.92. The minimum Gasteiger partial charge on any atom is -0.325 e. The maximum atomic E-state index is 14.4. The van der Waals surface area contributed by atoms with Crippen LogP contribution < -0.4 is 4.90 Å². The summed E-state index contributed by atoms with van der Waals surface area (Å²) in [7, 11) is 0. The van der Waals surface area contributed by atoms with Crippen molar-refractivity contribution in [1.29, 1.82) is 0 Å². The van der Waals surface area contributed by atoms with Crippen LogP contribution in [0.25, 0.3) is 0 Å². The molecule has 5 aliphatic rings. The van der Waals surface area contributed by atoms with Gasteiger partial charge in [-0.15, -0.1) is 0 Å². The van der Waals surface area contributed by atoms with Crippen molar-refractivity contribution in [2.45, 2.75) is 77.3 Å². The van der Waals surface area contributed by atoms with E-state index in [0.717, 1.165) is 30.4 Å². The lowest BCUT2D eigenvalue weighted by molar-refractivity contribution is -0.162. The highest BCUT2D eigenvalue weighted by atomic mass is 16.2. The second-order valence-corrected chi connectivity index (χ2v) is 12.2. The Kier molecular flexibility index (Phi) is 5.77. The molecule has 1 unspecified atom stereocenters. The molecule has 4 saturated carbocycles. The van der Waals surface area contributed by atoms with E-state index in [2.05, 4.69) is 13.8 Å². The van der Waals surface area contributed by atoms with Gasteiger partial charge in [0.15, 0.2) is 0 Å². The Morgan fingerprint density at radius 2 is 1.50 bits per heavy atom. The minimum atomic E-state index is -0.747. The molecule has 0 aromatic heterocycles. The quantitative estimate of drug-likeness (QED) is 0.495. The van der Waals surface area contributed by atoms with Crippen molar-refractivity contribution in [3.05, 3.63) is 65.7 Å². The SMILES string of the molecule is CC(C)c1ccc(N2C(=O)CC(N(Cc3ccccc3)C(=O)C34CC5CC(CC(C5)C3)C4)C2=O)cc1. The molecule has 1 aliphatic heterocycles. The molecule has 1 atom stereocenters. The van der Waals surface area contributed by atoms with Gasteiger partial charge >= 0.3 is 0 Å². The molecule has 7 rings (SSSR count). The molecule has 2 aromatic rings. The van der Waals surface area contributed by atoms with E-state index < -0.39 is 6.04 Å². The Labute approximate surface area is 213 Å². The number of anilines is 1. The monoisotopic (exact) mass is 484 g/mol. The predicted octanol–water partition coefficient (Wildman–Crippen LogP) is 5.69. The van der Waals surface area contributed by atoms with Gasteiger partial charge in [0.2, 0.25) is 11.8 Å². The summed E-state index contributed by atoms with van der Waals surface area (Å²) in [6.45, 7) is 4.61. The highest BCUT2D eigenvalue weighted by Gasteiger charge is 2.57. The topological polar surface area (TPSA) is 57.7 Å². The summed E-state index contributed by atoms with van der Waals surface area (Å²) in [5.41, 5.74) is 2.39. The van der Waals surface area contributed by atoms with Crippen LogP contribution in [0.3, 0.4) is 0 Å². The van der Waals surface area contributed by atoms with Crippen LogP contribution in [0.1, 0.15) is 75.8 Å². The third kappa shape index (κ3) is 3.97. The highest BCUT2D eigenvalue weighted by molar-refractivity contribution is 6.23. The summed E-state index contributed by atoms with van der Waals surface area (Å²) >= 11 is 0. The van der Waals surface area contributed by atoms with Crippen LogP contribution in [0.5, 0.6) is 0 Å². The number of imide groups is 1. The van der Waals surface area contributed by atoms with E-state index in [9.17, 15) is 14.4 Å². The normalized spacial score (nSPS) is 30.9. The molecule has 5 fully saturated rings. The van der Waals surface area contributed by atoms with E-state index in [1.165, 1.54) is 24.2 Å². The van der Waals surface area contributed by atoms with Gasteiger partial charge in [0.05, 0.1) is 17.5 Å². The summed E-state index contributed by atoms with van der Waals surface area (Å²) < 4.78 is 0. The Morgan fingerprint density at radius 1 is 0.917 bits per heavy atom. The van der Waals surface area contributed by atoms with Crippen molar-refractivity contribution >= 4 is 23.4 Å². The van der Waals surface area contributed by atoms with Crippen molar-refractivity contribution in [2.24, 2.45) is 23.2 Å². The van der Waals surface area contributed by atoms with Crippen molar-refractivity contribution in [3.8, 4) is 0 Å². The first-order valence-corrected chi connectivity index (χ1v) is 13.6. The average molecular weight is 485 g/mol. The van der Waals surface area contributed by atoms with Crippen LogP contribution in [-0.2, 0) is 20.9 Å². The summed E-state index contributed by atoms with van der Waals surface area (Å²) in [6, 6.07) is 16.8. The van der Waals surface area contributed by atoms with Crippen LogP contribution in [0, 0.1) is 23.2 Å². The molecule has 5 nitrogen and oxygen atoms in total. The van der Waals surface area contributed by atoms with E-state index in [4.69, 9.17) is 0 Å². The average Bonchev–Trinajstić information content (AvgIpc) is 3.15. The van der Waals surface area contributed by atoms with E-state index in [1.807, 2.05) is 54.6 Å². The molecule has 0 spiro atoms. The lowest BCUT2D eigenvalue weighted by Crippen LogP contribution is -2.57. The molecule has 2 aromatic carbocycles. The molecule has 0 N–H and O–H groups in total. The first-order valence-electron chi connectivity index (χ1n) is 13.6. The molecular weight excluding hydrogens is 448 g/mol. The number of amides is 3. The van der Waals surface area contributed by atoms with Crippen molar-refractivity contribution in [3.63, 3.8) is 0 Å². The highest BCUT2D eigenvalue weighted by Crippen LogP contribution is 2.60. The molecule has 1 saturated heterocycles. The first kappa shape index (κ1) is 23.4. The van der Waals surface area contributed by atoms with Crippen LogP contribution in [0.4, 0.5) is 5.69 Å². The van der Waals surface area contributed by atoms with Crippen molar-refractivity contribution in [1.82, 2.24) is 4.90 Å². The number of nitrogens with zero attached hydrogens (tertiary/aromatic N) is 2. The van der Waals surface area contributed by atoms with Crippen molar-refractivity contribution < 1.29 is 14.4 Å². The number of carbonyl (C=O) groups excluding carboxylic acids is 3. The Hall–Kier alpha value is -2.95. The van der Waals surface area contributed by atoms with Crippen LogP contribution in [0.15, 0.2) is 54.6 Å². The molecule has 36 heavy (non-hydrogen) atoms. The molecule has 0 radical (unpaired) electrons. The summed E-state index contributed by atoms with van der Waals surface area (Å²) in [5.74, 6) is 1.89. The number of rotatable bonds is 6. The molecule has 4 bridgehead atoms. The number of benzene rings is 2. The zero-order valence-corrected chi connectivity index (χ0v) is 21.4. The fraction of sp³-hybridized carbons (Fsp3) is 0.516. The second kappa shape index (κ2) is 8.86. The van der Waals surface area contributed by atoms with E-state index in [1.54, 1.807) is 4.90 Å². The first-order chi connectivity index (χ1) is 17.3. The molecule has 3 amide bonds. The van der Waals surface area contributed by atoms with Gasteiger partial charge in [-0.25, -0.2) is 4.90 Å². The van der Waals surface area contributed by atoms with Gasteiger partial charge < -0.3 is 4.90 Å².